The summed E-state index contributed by atoms with van der Waals surface area (Å²) in [5, 5.41) is 3.40. The van der Waals surface area contributed by atoms with E-state index in [1.807, 2.05) is 19.1 Å². The van der Waals surface area contributed by atoms with Gasteiger partial charge in [-0.3, -0.25) is 0 Å². The molecule has 1 amide bonds. The topological polar surface area (TPSA) is 77.4 Å². The lowest BCUT2D eigenvalue weighted by atomic mass is 10.2. The monoisotopic (exact) mass is 372 g/mol. The Labute approximate surface area is 152 Å². The lowest BCUT2D eigenvalue weighted by molar-refractivity contribution is 0.151. The maximum atomic E-state index is 13.1. The molecule has 0 aliphatic rings. The molecule has 0 saturated carbocycles. The Morgan fingerprint density at radius 1 is 1.12 bits per heavy atom. The Balaban J connectivity index is 2.04. The SMILES string of the molecule is CCOC(=O)NCc1cn(S(=O)(=O)c2ccc(C)cc2)c2ccccc12. The number of rotatable bonds is 5. The number of carbonyl (C=O) groups is 1. The first-order valence-electron chi connectivity index (χ1n) is 8.25. The molecule has 0 radical (unpaired) electrons. The van der Waals surface area contributed by atoms with Crippen LogP contribution in [0, 0.1) is 6.92 Å². The molecule has 1 N–H and O–H groups in total. The van der Waals surface area contributed by atoms with Crippen LogP contribution in [0.2, 0.25) is 0 Å². The molecule has 1 heterocycles. The highest BCUT2D eigenvalue weighted by Crippen LogP contribution is 2.26. The van der Waals surface area contributed by atoms with E-state index < -0.39 is 16.1 Å². The van der Waals surface area contributed by atoms with Crippen LogP contribution in [0.1, 0.15) is 18.1 Å². The average molecular weight is 372 g/mol. The van der Waals surface area contributed by atoms with Gasteiger partial charge in [0.25, 0.3) is 10.0 Å². The number of fused-ring (bicyclic) bond motifs is 1. The molecule has 3 rings (SSSR count). The van der Waals surface area contributed by atoms with Crippen LogP contribution >= 0.6 is 0 Å². The molecule has 6 nitrogen and oxygen atoms in total. The summed E-state index contributed by atoms with van der Waals surface area (Å²) in [7, 11) is -3.74. The number of para-hydroxylation sites is 1. The van der Waals surface area contributed by atoms with Crippen molar-refractivity contribution in [2.45, 2.75) is 25.3 Å². The van der Waals surface area contributed by atoms with E-state index in [9.17, 15) is 13.2 Å². The predicted octanol–water partition coefficient (Wildman–Crippen LogP) is 3.43. The molecule has 0 saturated heterocycles. The summed E-state index contributed by atoms with van der Waals surface area (Å²) >= 11 is 0. The third-order valence-electron chi connectivity index (χ3n) is 4.04. The summed E-state index contributed by atoms with van der Waals surface area (Å²) in [4.78, 5) is 11.8. The van der Waals surface area contributed by atoms with Gasteiger partial charge in [0, 0.05) is 18.1 Å². The van der Waals surface area contributed by atoms with E-state index in [2.05, 4.69) is 5.32 Å². The third-order valence-corrected chi connectivity index (χ3v) is 5.72. The van der Waals surface area contributed by atoms with Crippen LogP contribution in [0.15, 0.2) is 59.6 Å². The molecule has 0 aliphatic carbocycles. The van der Waals surface area contributed by atoms with Gasteiger partial charge >= 0.3 is 6.09 Å². The van der Waals surface area contributed by atoms with Crippen molar-refractivity contribution in [1.29, 1.82) is 0 Å². The Morgan fingerprint density at radius 2 is 1.81 bits per heavy atom. The van der Waals surface area contributed by atoms with Gasteiger partial charge in [-0.1, -0.05) is 35.9 Å². The van der Waals surface area contributed by atoms with Gasteiger partial charge in [-0.2, -0.15) is 0 Å². The van der Waals surface area contributed by atoms with E-state index in [1.165, 1.54) is 3.97 Å². The van der Waals surface area contributed by atoms with Gasteiger partial charge in [-0.15, -0.1) is 0 Å². The van der Waals surface area contributed by atoms with Crippen molar-refractivity contribution in [1.82, 2.24) is 9.29 Å². The number of amides is 1. The minimum absolute atomic E-state index is 0.176. The maximum absolute atomic E-state index is 13.1. The molecule has 0 atom stereocenters. The van der Waals surface area contributed by atoms with Crippen LogP contribution in [-0.2, 0) is 21.3 Å². The molecule has 7 heteroatoms. The summed E-state index contributed by atoms with van der Waals surface area (Å²) in [5.41, 5.74) is 2.25. The number of hydrogen-bond acceptors (Lipinski definition) is 4. The van der Waals surface area contributed by atoms with Crippen LogP contribution in [0.4, 0.5) is 4.79 Å². The highest BCUT2D eigenvalue weighted by molar-refractivity contribution is 7.90. The van der Waals surface area contributed by atoms with E-state index in [0.29, 0.717) is 11.1 Å². The minimum Gasteiger partial charge on any atom is -0.450 e. The van der Waals surface area contributed by atoms with Crippen molar-refractivity contribution in [2.24, 2.45) is 0 Å². The molecule has 0 unspecified atom stereocenters. The van der Waals surface area contributed by atoms with Gasteiger partial charge in [0.05, 0.1) is 17.0 Å². The number of aromatic nitrogens is 1. The Kier molecular flexibility index (Phi) is 4.99. The Bertz CT molecular complexity index is 1040. The van der Waals surface area contributed by atoms with Gasteiger partial charge in [0.15, 0.2) is 0 Å². The van der Waals surface area contributed by atoms with Crippen molar-refractivity contribution >= 4 is 27.0 Å². The summed E-state index contributed by atoms with van der Waals surface area (Å²) in [6, 6.07) is 13.9. The zero-order valence-electron chi connectivity index (χ0n) is 14.6. The number of nitrogens with one attached hydrogen (secondary N) is 1. The number of hydrogen-bond donors (Lipinski definition) is 1. The second kappa shape index (κ2) is 7.21. The number of nitrogens with zero attached hydrogens (tertiary/aromatic N) is 1. The van der Waals surface area contributed by atoms with Crippen molar-refractivity contribution in [3.05, 3.63) is 65.9 Å². The quantitative estimate of drug-likeness (QED) is 0.744. The average Bonchev–Trinajstić information content (AvgIpc) is 3.00. The minimum atomic E-state index is -3.74. The number of carbonyl (C=O) groups excluding carboxylic acids is 1. The van der Waals surface area contributed by atoms with E-state index in [1.54, 1.807) is 49.5 Å². The maximum Gasteiger partial charge on any atom is 0.407 e. The summed E-state index contributed by atoms with van der Waals surface area (Å²) in [5.74, 6) is 0. The molecule has 0 spiro atoms. The second-order valence-corrected chi connectivity index (χ2v) is 7.67. The van der Waals surface area contributed by atoms with Crippen LogP contribution in [-0.4, -0.2) is 25.1 Å². The van der Waals surface area contributed by atoms with E-state index in [4.69, 9.17) is 4.74 Å². The van der Waals surface area contributed by atoms with Gasteiger partial charge in [0.1, 0.15) is 0 Å². The van der Waals surface area contributed by atoms with Crippen molar-refractivity contribution < 1.29 is 17.9 Å². The fourth-order valence-electron chi connectivity index (χ4n) is 2.73. The molecule has 3 aromatic rings. The molecule has 0 fully saturated rings. The highest BCUT2D eigenvalue weighted by Gasteiger charge is 2.21. The van der Waals surface area contributed by atoms with E-state index >= 15 is 0 Å². The molecule has 2 aromatic carbocycles. The summed E-state index contributed by atoms with van der Waals surface area (Å²) in [6.45, 7) is 4.07. The standard InChI is InChI=1S/C19H20N2O4S/c1-3-25-19(22)20-12-15-13-21(18-7-5-4-6-17(15)18)26(23,24)16-10-8-14(2)9-11-16/h4-11,13H,3,12H2,1-2H3,(H,20,22). The van der Waals surface area contributed by atoms with Gasteiger partial charge in [0.2, 0.25) is 0 Å². The molecule has 136 valence electrons. The number of aryl methyl sites for hydroxylation is 1. The van der Waals surface area contributed by atoms with Crippen molar-refractivity contribution in [3.8, 4) is 0 Å². The molecule has 1 aromatic heterocycles. The van der Waals surface area contributed by atoms with E-state index in [-0.39, 0.29) is 18.0 Å². The molecule has 0 aliphatic heterocycles. The summed E-state index contributed by atoms with van der Waals surface area (Å²) < 4.78 is 32.2. The highest BCUT2D eigenvalue weighted by atomic mass is 32.2. The Morgan fingerprint density at radius 3 is 2.50 bits per heavy atom. The largest absolute Gasteiger partial charge is 0.450 e. The first-order chi connectivity index (χ1) is 12.4. The number of benzene rings is 2. The molecule has 26 heavy (non-hydrogen) atoms. The van der Waals surface area contributed by atoms with Gasteiger partial charge in [-0.05, 0) is 37.6 Å². The van der Waals surface area contributed by atoms with Crippen LogP contribution < -0.4 is 5.32 Å². The fourth-order valence-corrected chi connectivity index (χ4v) is 4.12. The molecule has 0 bridgehead atoms. The fraction of sp³-hybridized carbons (Fsp3) is 0.211. The van der Waals surface area contributed by atoms with Crippen molar-refractivity contribution in [2.75, 3.05) is 6.61 Å². The number of alkyl carbamates (subject to hydrolysis) is 1. The summed E-state index contributed by atoms with van der Waals surface area (Å²) in [6.07, 6.45) is 1.01. The lowest BCUT2D eigenvalue weighted by Crippen LogP contribution is -2.23. The van der Waals surface area contributed by atoms with Gasteiger partial charge < -0.3 is 10.1 Å². The number of ether oxygens (including phenoxy) is 1. The van der Waals surface area contributed by atoms with Crippen LogP contribution in [0.25, 0.3) is 10.9 Å². The molecular weight excluding hydrogens is 352 g/mol. The first-order valence-corrected chi connectivity index (χ1v) is 9.69. The third kappa shape index (κ3) is 3.43. The van der Waals surface area contributed by atoms with Gasteiger partial charge in [-0.25, -0.2) is 17.2 Å². The second-order valence-electron chi connectivity index (χ2n) is 5.86. The lowest BCUT2D eigenvalue weighted by Gasteiger charge is -2.07. The Hall–Kier alpha value is -2.80. The molecular formula is C19H20N2O4S. The van der Waals surface area contributed by atoms with Crippen LogP contribution in [0.3, 0.4) is 0 Å². The van der Waals surface area contributed by atoms with Crippen LogP contribution in [0.5, 0.6) is 0 Å². The first kappa shape index (κ1) is 18.0. The zero-order chi connectivity index (χ0) is 18.7. The normalized spacial score (nSPS) is 11.5. The smallest absolute Gasteiger partial charge is 0.407 e. The van der Waals surface area contributed by atoms with E-state index in [0.717, 1.165) is 10.9 Å². The predicted molar refractivity (Wildman–Crippen MR) is 99.6 cm³/mol. The van der Waals surface area contributed by atoms with Crippen molar-refractivity contribution in [3.63, 3.8) is 0 Å². The zero-order valence-corrected chi connectivity index (χ0v) is 15.4.